The Hall–Kier alpha value is -4.24. The van der Waals surface area contributed by atoms with E-state index in [4.69, 9.17) is 18.6 Å². The molecule has 0 bridgehead atoms. The van der Waals surface area contributed by atoms with Gasteiger partial charge in [-0.2, -0.15) is 5.10 Å². The van der Waals surface area contributed by atoms with Crippen LogP contribution >= 0.6 is 0 Å². The van der Waals surface area contributed by atoms with Crippen LogP contribution < -0.4 is 0 Å². The summed E-state index contributed by atoms with van der Waals surface area (Å²) in [7, 11) is 0. The van der Waals surface area contributed by atoms with Gasteiger partial charge < -0.3 is 18.6 Å². The van der Waals surface area contributed by atoms with Crippen molar-refractivity contribution in [1.29, 1.82) is 0 Å². The smallest absolute Gasteiger partial charge is 0.375 e. The normalized spacial score (nSPS) is 11.6. The third-order valence-electron chi connectivity index (χ3n) is 6.11. The lowest BCUT2D eigenvalue weighted by molar-refractivity contribution is 0.0400. The Balaban J connectivity index is 1.60. The Kier molecular flexibility index (Phi) is 9.73. The van der Waals surface area contributed by atoms with Gasteiger partial charge in [0.05, 0.1) is 38.3 Å². The van der Waals surface area contributed by atoms with Crippen molar-refractivity contribution in [1.82, 2.24) is 14.8 Å². The first-order chi connectivity index (χ1) is 19.6. The van der Waals surface area contributed by atoms with E-state index in [9.17, 15) is 9.59 Å². The van der Waals surface area contributed by atoms with Crippen molar-refractivity contribution in [3.63, 3.8) is 0 Å². The average Bonchev–Trinajstić information content (AvgIpc) is 3.60. The van der Waals surface area contributed by atoms with Crippen LogP contribution in [0.15, 0.2) is 71.3 Å². The summed E-state index contributed by atoms with van der Waals surface area (Å²) in [6, 6.07) is 19.3. The van der Waals surface area contributed by atoms with Crippen LogP contribution in [-0.2, 0) is 27.4 Å². The minimum absolute atomic E-state index is 0.0322. The lowest BCUT2D eigenvalue weighted by Crippen LogP contribution is -2.27. The lowest BCUT2D eigenvalue weighted by Gasteiger charge is -2.25. The molecule has 0 amide bonds. The Morgan fingerprint density at radius 3 is 2.46 bits per heavy atom. The molecular formula is C32H37N3O6. The monoisotopic (exact) mass is 559 g/mol. The number of carbonyl (C=O) groups is 2. The third kappa shape index (κ3) is 8.14. The van der Waals surface area contributed by atoms with Crippen molar-refractivity contribution < 1.29 is 28.2 Å². The number of nitrogens with zero attached hydrogens (tertiary/aromatic N) is 3. The summed E-state index contributed by atoms with van der Waals surface area (Å²) in [6.07, 6.45) is 1.35. The van der Waals surface area contributed by atoms with E-state index in [-0.39, 0.29) is 35.3 Å². The molecule has 0 N–H and O–H groups in total. The Bertz CT molecular complexity index is 1460. The topological polar surface area (TPSA) is 106 Å². The van der Waals surface area contributed by atoms with E-state index in [2.05, 4.69) is 23.9 Å². The van der Waals surface area contributed by atoms with E-state index in [1.165, 1.54) is 6.20 Å². The highest BCUT2D eigenvalue weighted by atomic mass is 16.5. The van der Waals surface area contributed by atoms with Crippen LogP contribution in [0.3, 0.4) is 0 Å². The molecule has 41 heavy (non-hydrogen) atoms. The van der Waals surface area contributed by atoms with Crippen molar-refractivity contribution in [2.75, 3.05) is 19.8 Å². The summed E-state index contributed by atoms with van der Waals surface area (Å²) in [5.41, 5.74) is 3.23. The lowest BCUT2D eigenvalue weighted by atomic mass is 9.94. The molecule has 0 unspecified atom stereocenters. The molecule has 0 aliphatic heterocycles. The molecule has 0 atom stereocenters. The van der Waals surface area contributed by atoms with Crippen molar-refractivity contribution in [2.45, 2.75) is 47.8 Å². The second-order valence-corrected chi connectivity index (χ2v) is 11.0. The fourth-order valence-electron chi connectivity index (χ4n) is 4.17. The van der Waals surface area contributed by atoms with Gasteiger partial charge in [0.15, 0.2) is 5.69 Å². The maximum Gasteiger partial charge on any atom is 0.375 e. The van der Waals surface area contributed by atoms with Crippen LogP contribution in [0.25, 0.3) is 22.7 Å². The number of ether oxygens (including phenoxy) is 3. The van der Waals surface area contributed by atoms with E-state index in [1.54, 1.807) is 13.0 Å². The zero-order valence-corrected chi connectivity index (χ0v) is 24.3. The molecule has 0 fully saturated rings. The summed E-state index contributed by atoms with van der Waals surface area (Å²) in [5, 5.41) is 4.65. The SMILES string of the molecule is CCOC(=O)c1cnc(-c2cccc(-c3cc(C(=O)OCC(C)C)nn3CC(C)(C)COCc3ccccc3)c2)o1. The molecule has 216 valence electrons. The molecule has 0 spiro atoms. The highest BCUT2D eigenvalue weighted by Gasteiger charge is 2.25. The molecule has 9 nitrogen and oxygen atoms in total. The van der Waals surface area contributed by atoms with Gasteiger partial charge in [-0.05, 0) is 36.6 Å². The van der Waals surface area contributed by atoms with E-state index in [0.717, 1.165) is 16.8 Å². The second kappa shape index (κ2) is 13.4. The zero-order chi connectivity index (χ0) is 29.4. The highest BCUT2D eigenvalue weighted by molar-refractivity contribution is 5.89. The van der Waals surface area contributed by atoms with Crippen LogP contribution in [0.5, 0.6) is 0 Å². The van der Waals surface area contributed by atoms with Gasteiger partial charge in [-0.25, -0.2) is 14.6 Å². The molecule has 2 heterocycles. The number of aromatic nitrogens is 3. The second-order valence-electron chi connectivity index (χ2n) is 11.0. The minimum atomic E-state index is -0.568. The predicted octanol–water partition coefficient (Wildman–Crippen LogP) is 6.44. The third-order valence-corrected chi connectivity index (χ3v) is 6.11. The van der Waals surface area contributed by atoms with E-state index in [1.807, 2.05) is 73.1 Å². The number of hydrogen-bond acceptors (Lipinski definition) is 8. The van der Waals surface area contributed by atoms with Gasteiger partial charge >= 0.3 is 11.9 Å². The number of hydrogen-bond donors (Lipinski definition) is 0. The molecule has 9 heteroatoms. The largest absolute Gasteiger partial charge is 0.461 e. The van der Waals surface area contributed by atoms with Gasteiger partial charge in [-0.15, -0.1) is 0 Å². The molecule has 0 saturated carbocycles. The van der Waals surface area contributed by atoms with Gasteiger partial charge in [0, 0.05) is 23.1 Å². The van der Waals surface area contributed by atoms with E-state index in [0.29, 0.717) is 31.9 Å². The summed E-state index contributed by atoms with van der Waals surface area (Å²) >= 11 is 0. The first-order valence-electron chi connectivity index (χ1n) is 13.8. The molecule has 2 aromatic heterocycles. The number of benzene rings is 2. The molecule has 4 rings (SSSR count). The first kappa shape index (κ1) is 29.7. The highest BCUT2D eigenvalue weighted by Crippen LogP contribution is 2.30. The van der Waals surface area contributed by atoms with Crippen LogP contribution in [0.1, 0.15) is 61.2 Å². The summed E-state index contributed by atoms with van der Waals surface area (Å²) in [4.78, 5) is 29.2. The Labute approximate surface area is 240 Å². The fraction of sp³-hybridized carbons (Fsp3) is 0.375. The summed E-state index contributed by atoms with van der Waals surface area (Å²) in [5.74, 6) is -0.517. The van der Waals surface area contributed by atoms with Gasteiger partial charge in [0.1, 0.15) is 0 Å². The van der Waals surface area contributed by atoms with Crippen LogP contribution in [-0.4, -0.2) is 46.5 Å². The van der Waals surface area contributed by atoms with E-state index >= 15 is 0 Å². The Morgan fingerprint density at radius 2 is 1.73 bits per heavy atom. The quantitative estimate of drug-likeness (QED) is 0.172. The van der Waals surface area contributed by atoms with Crippen LogP contribution in [0, 0.1) is 11.3 Å². The minimum Gasteiger partial charge on any atom is -0.461 e. The van der Waals surface area contributed by atoms with Gasteiger partial charge in [-0.1, -0.05) is 70.2 Å². The van der Waals surface area contributed by atoms with E-state index < -0.39 is 11.9 Å². The van der Waals surface area contributed by atoms with Crippen molar-refractivity contribution >= 4 is 11.9 Å². The molecular weight excluding hydrogens is 522 g/mol. The summed E-state index contributed by atoms with van der Waals surface area (Å²) in [6.45, 7) is 11.9. The number of rotatable bonds is 13. The number of esters is 2. The Morgan fingerprint density at radius 1 is 0.976 bits per heavy atom. The number of carbonyl (C=O) groups excluding carboxylic acids is 2. The van der Waals surface area contributed by atoms with Crippen molar-refractivity contribution in [3.8, 4) is 22.7 Å². The molecule has 0 radical (unpaired) electrons. The maximum atomic E-state index is 12.9. The average molecular weight is 560 g/mol. The zero-order valence-electron chi connectivity index (χ0n) is 24.3. The first-order valence-corrected chi connectivity index (χ1v) is 13.8. The van der Waals surface area contributed by atoms with Gasteiger partial charge in [0.25, 0.3) is 0 Å². The molecule has 4 aromatic rings. The van der Waals surface area contributed by atoms with Gasteiger partial charge in [0.2, 0.25) is 11.7 Å². The van der Waals surface area contributed by atoms with Crippen LogP contribution in [0.2, 0.25) is 0 Å². The van der Waals surface area contributed by atoms with Crippen LogP contribution in [0.4, 0.5) is 0 Å². The predicted molar refractivity (Wildman–Crippen MR) is 154 cm³/mol. The number of oxazole rings is 1. The standard InChI is InChI=1S/C32H37N3O6/c1-6-39-31(37)28-17-33-29(41-28)25-14-10-13-24(15-25)27-16-26(30(36)40-18-22(2)3)34-35(27)20-32(4,5)21-38-19-23-11-8-7-9-12-23/h7-17,22H,6,18-21H2,1-5H3. The molecule has 0 aliphatic carbocycles. The van der Waals surface area contributed by atoms with Gasteiger partial charge in [-0.3, -0.25) is 4.68 Å². The van der Waals surface area contributed by atoms with Crippen molar-refractivity contribution in [2.24, 2.45) is 11.3 Å². The fourth-order valence-corrected chi connectivity index (χ4v) is 4.17. The van der Waals surface area contributed by atoms with Crippen molar-refractivity contribution in [3.05, 3.63) is 83.9 Å². The maximum absolute atomic E-state index is 12.9. The molecule has 2 aromatic carbocycles. The molecule has 0 saturated heterocycles. The summed E-state index contributed by atoms with van der Waals surface area (Å²) < 4.78 is 24.0. The molecule has 0 aliphatic rings.